The van der Waals surface area contributed by atoms with Crippen molar-refractivity contribution < 1.29 is 28.2 Å². The van der Waals surface area contributed by atoms with Gasteiger partial charge in [-0.05, 0) is 61.1 Å². The van der Waals surface area contributed by atoms with E-state index in [0.717, 1.165) is 29.7 Å². The van der Waals surface area contributed by atoms with Crippen LogP contribution in [0.4, 0.5) is 4.79 Å². The number of amides is 1. The van der Waals surface area contributed by atoms with E-state index in [4.69, 9.17) is 4.74 Å². The summed E-state index contributed by atoms with van der Waals surface area (Å²) in [6, 6.07) is 10.1. The highest BCUT2D eigenvalue weighted by Gasteiger charge is 2.37. The van der Waals surface area contributed by atoms with Crippen LogP contribution in [0, 0.1) is 0 Å². The Kier molecular flexibility index (Phi) is 5.49. The van der Waals surface area contributed by atoms with E-state index in [0.29, 0.717) is 23.1 Å². The second-order valence-electron chi connectivity index (χ2n) is 8.55. The number of sulfone groups is 1. The summed E-state index contributed by atoms with van der Waals surface area (Å²) in [5.41, 5.74) is 2.08. The van der Waals surface area contributed by atoms with Crippen LogP contribution >= 0.6 is 0 Å². The van der Waals surface area contributed by atoms with Gasteiger partial charge in [-0.15, -0.1) is 0 Å². The summed E-state index contributed by atoms with van der Waals surface area (Å²) in [7, 11) is -3.84. The van der Waals surface area contributed by atoms with Crippen molar-refractivity contribution >= 4 is 26.8 Å². The van der Waals surface area contributed by atoms with Gasteiger partial charge in [0.25, 0.3) is 0 Å². The minimum Gasteiger partial charge on any atom is -0.508 e. The lowest BCUT2D eigenvalue weighted by molar-refractivity contribution is -0.0366. The number of carboxylic acid groups (broad SMARTS) is 1. The Bertz CT molecular complexity index is 1300. The first-order chi connectivity index (χ1) is 15.8. The average Bonchev–Trinajstić information content (AvgIpc) is 3.48. The molecule has 2 fully saturated rings. The van der Waals surface area contributed by atoms with Gasteiger partial charge in [0.1, 0.15) is 5.75 Å². The zero-order valence-corrected chi connectivity index (χ0v) is 18.7. The van der Waals surface area contributed by atoms with Crippen LogP contribution in [-0.2, 0) is 14.6 Å². The Balaban J connectivity index is 1.66. The number of hydrogen-bond acceptors (Lipinski definition) is 6. The Morgan fingerprint density at radius 1 is 1.09 bits per heavy atom. The summed E-state index contributed by atoms with van der Waals surface area (Å²) in [5, 5.41) is 23.1. The fourth-order valence-corrected chi connectivity index (χ4v) is 6.56. The second kappa shape index (κ2) is 8.35. The maximum atomic E-state index is 13.7. The molecule has 174 valence electrons. The third kappa shape index (κ3) is 3.93. The molecule has 10 heteroatoms. The Morgan fingerprint density at radius 3 is 2.55 bits per heavy atom. The number of benzene rings is 2. The standard InChI is InChI=1S/C23H25N3O6S/c27-17-6-4-15(5-7-17)16-11-20-19(13-24-26(20)22-3-1-2-10-32-22)21(12-16)33(30,31)18-8-9-25(14-18)23(28)29/h4-7,11-13,18,22,27H,1-3,8-10,14H2,(H,28,29)/t18-,22?/m0/s1. The molecule has 2 aliphatic heterocycles. The Morgan fingerprint density at radius 2 is 1.88 bits per heavy atom. The molecule has 3 heterocycles. The number of phenolic OH excluding ortho intramolecular Hbond substituents is 1. The van der Waals surface area contributed by atoms with E-state index in [2.05, 4.69) is 5.10 Å². The van der Waals surface area contributed by atoms with Crippen LogP contribution in [0.15, 0.2) is 47.5 Å². The number of likely N-dealkylation sites (tertiary alicyclic amines) is 1. The minimum absolute atomic E-state index is 0.0531. The van der Waals surface area contributed by atoms with Gasteiger partial charge < -0.3 is 19.8 Å². The van der Waals surface area contributed by atoms with E-state index >= 15 is 0 Å². The molecule has 1 aromatic heterocycles. The van der Waals surface area contributed by atoms with E-state index < -0.39 is 21.2 Å². The van der Waals surface area contributed by atoms with Gasteiger partial charge in [-0.25, -0.2) is 17.9 Å². The molecule has 5 rings (SSSR count). The number of carbonyl (C=O) groups is 1. The normalized spacial score (nSPS) is 21.5. The smallest absolute Gasteiger partial charge is 0.407 e. The predicted molar refractivity (Wildman–Crippen MR) is 121 cm³/mol. The Labute approximate surface area is 191 Å². The number of hydrogen-bond donors (Lipinski definition) is 2. The molecule has 2 N–H and O–H groups in total. The summed E-state index contributed by atoms with van der Waals surface area (Å²) in [4.78, 5) is 12.6. The molecule has 2 aromatic carbocycles. The van der Waals surface area contributed by atoms with Gasteiger partial charge in [0.2, 0.25) is 0 Å². The van der Waals surface area contributed by atoms with Crippen molar-refractivity contribution in [2.75, 3.05) is 19.7 Å². The summed E-state index contributed by atoms with van der Waals surface area (Å²) >= 11 is 0. The fourth-order valence-electron chi connectivity index (χ4n) is 4.65. The first-order valence-electron chi connectivity index (χ1n) is 11.0. The zero-order chi connectivity index (χ0) is 23.2. The molecule has 1 amide bonds. The highest BCUT2D eigenvalue weighted by atomic mass is 32.2. The summed E-state index contributed by atoms with van der Waals surface area (Å²) in [6.45, 7) is 0.763. The molecule has 0 saturated carbocycles. The van der Waals surface area contributed by atoms with Crippen LogP contribution in [-0.4, -0.2) is 64.4 Å². The van der Waals surface area contributed by atoms with E-state index in [-0.39, 0.29) is 36.4 Å². The lowest BCUT2D eigenvalue weighted by Gasteiger charge is -2.24. The molecule has 2 atom stereocenters. The molecule has 3 aromatic rings. The number of nitrogens with zero attached hydrogens (tertiary/aromatic N) is 3. The van der Waals surface area contributed by atoms with Crippen molar-refractivity contribution in [1.82, 2.24) is 14.7 Å². The van der Waals surface area contributed by atoms with Crippen LogP contribution < -0.4 is 0 Å². The van der Waals surface area contributed by atoms with Gasteiger partial charge in [-0.3, -0.25) is 0 Å². The monoisotopic (exact) mass is 471 g/mol. The van der Waals surface area contributed by atoms with Crippen molar-refractivity contribution in [2.24, 2.45) is 0 Å². The number of aromatic nitrogens is 2. The molecule has 9 nitrogen and oxygen atoms in total. The summed E-state index contributed by atoms with van der Waals surface area (Å²) in [5.74, 6) is 0.119. The molecule has 0 bridgehead atoms. The number of aromatic hydroxyl groups is 1. The molecular formula is C23H25N3O6S. The van der Waals surface area contributed by atoms with E-state index in [1.54, 1.807) is 41.2 Å². The van der Waals surface area contributed by atoms with Crippen molar-refractivity contribution in [3.63, 3.8) is 0 Å². The molecule has 2 aliphatic rings. The van der Waals surface area contributed by atoms with Gasteiger partial charge in [0.15, 0.2) is 16.1 Å². The molecule has 1 unspecified atom stereocenters. The Hall–Kier alpha value is -3.11. The molecule has 33 heavy (non-hydrogen) atoms. The second-order valence-corrected chi connectivity index (χ2v) is 10.7. The predicted octanol–water partition coefficient (Wildman–Crippen LogP) is 3.63. The van der Waals surface area contributed by atoms with Crippen LogP contribution in [0.2, 0.25) is 0 Å². The maximum Gasteiger partial charge on any atom is 0.407 e. The molecule has 0 aliphatic carbocycles. The topological polar surface area (TPSA) is 122 Å². The number of fused-ring (bicyclic) bond motifs is 1. The van der Waals surface area contributed by atoms with Crippen LogP contribution in [0.3, 0.4) is 0 Å². The zero-order valence-electron chi connectivity index (χ0n) is 17.9. The molecular weight excluding hydrogens is 446 g/mol. The van der Waals surface area contributed by atoms with Crippen molar-refractivity contribution in [3.05, 3.63) is 42.6 Å². The number of phenols is 1. The van der Waals surface area contributed by atoms with Crippen LogP contribution in [0.25, 0.3) is 22.0 Å². The molecule has 0 radical (unpaired) electrons. The van der Waals surface area contributed by atoms with Gasteiger partial charge in [-0.2, -0.15) is 5.10 Å². The van der Waals surface area contributed by atoms with Crippen molar-refractivity contribution in [2.45, 2.75) is 42.1 Å². The van der Waals surface area contributed by atoms with Gasteiger partial charge in [-0.1, -0.05) is 12.1 Å². The maximum absolute atomic E-state index is 13.7. The average molecular weight is 472 g/mol. The van der Waals surface area contributed by atoms with E-state index in [1.165, 1.54) is 0 Å². The first-order valence-corrected chi connectivity index (χ1v) is 12.5. The number of ether oxygens (including phenoxy) is 1. The third-order valence-corrected chi connectivity index (χ3v) is 8.68. The van der Waals surface area contributed by atoms with Gasteiger partial charge in [0.05, 0.1) is 21.9 Å². The third-order valence-electron chi connectivity index (χ3n) is 6.47. The minimum atomic E-state index is -3.84. The van der Waals surface area contributed by atoms with Crippen molar-refractivity contribution in [1.29, 1.82) is 0 Å². The van der Waals surface area contributed by atoms with Crippen molar-refractivity contribution in [3.8, 4) is 16.9 Å². The first kappa shape index (κ1) is 21.7. The largest absolute Gasteiger partial charge is 0.508 e. The molecule has 2 saturated heterocycles. The fraction of sp³-hybridized carbons (Fsp3) is 0.391. The highest BCUT2D eigenvalue weighted by Crippen LogP contribution is 2.36. The molecule has 0 spiro atoms. The van der Waals surface area contributed by atoms with Crippen LogP contribution in [0.1, 0.15) is 31.9 Å². The number of rotatable bonds is 4. The lowest BCUT2D eigenvalue weighted by atomic mass is 10.0. The summed E-state index contributed by atoms with van der Waals surface area (Å²) < 4.78 is 35.1. The summed E-state index contributed by atoms with van der Waals surface area (Å²) in [6.07, 6.45) is 3.20. The van der Waals surface area contributed by atoms with Crippen LogP contribution in [0.5, 0.6) is 5.75 Å². The van der Waals surface area contributed by atoms with Gasteiger partial charge in [0, 0.05) is 25.1 Å². The van der Waals surface area contributed by atoms with E-state index in [1.807, 2.05) is 6.07 Å². The van der Waals surface area contributed by atoms with E-state index in [9.17, 15) is 23.4 Å². The van der Waals surface area contributed by atoms with Gasteiger partial charge >= 0.3 is 6.09 Å². The highest BCUT2D eigenvalue weighted by molar-refractivity contribution is 7.92. The SMILES string of the molecule is O=C(O)N1CC[C@H](S(=O)(=O)c2cc(-c3ccc(O)cc3)cc3c2cnn3C2CCCCO2)C1. The quantitative estimate of drug-likeness (QED) is 0.596. The lowest BCUT2D eigenvalue weighted by Crippen LogP contribution is -2.30.